The molecule has 0 fully saturated rings. The molecule has 0 aliphatic rings. The summed E-state index contributed by atoms with van der Waals surface area (Å²) >= 11 is 1.96. The summed E-state index contributed by atoms with van der Waals surface area (Å²) < 4.78 is 0. The predicted molar refractivity (Wildman–Crippen MR) is 31.5 cm³/mol. The van der Waals surface area contributed by atoms with E-state index in [0.29, 0.717) is 0 Å². The van der Waals surface area contributed by atoms with Crippen LogP contribution in [0.5, 0.6) is 0 Å². The smallest absolute Gasteiger partial charge is 0.114 e. The number of hydrogen-bond donors (Lipinski definition) is 0. The van der Waals surface area contributed by atoms with E-state index in [4.69, 9.17) is 0 Å². The molecular weight excluding hydrogens is 78.9 g/mol. The molecule has 0 radical (unpaired) electrons. The van der Waals surface area contributed by atoms with Crippen molar-refractivity contribution in [1.82, 2.24) is 0 Å². The van der Waals surface area contributed by atoms with Crippen LogP contribution in [-0.4, -0.2) is 19.3 Å². The van der Waals surface area contributed by atoms with Crippen molar-refractivity contribution in [3.05, 3.63) is 0 Å². The van der Waals surface area contributed by atoms with Crippen LogP contribution in [0, 0.1) is 0 Å². The summed E-state index contributed by atoms with van der Waals surface area (Å²) in [5.74, 6) is 1.26. The fourth-order valence-corrected chi connectivity index (χ4v) is 0.612. The van der Waals surface area contributed by atoms with Gasteiger partial charge in [0.25, 0.3) is 0 Å². The van der Waals surface area contributed by atoms with E-state index in [1.807, 2.05) is 11.8 Å². The molecule has 0 amide bonds. The Labute approximate surface area is 38.7 Å². The molecule has 0 saturated heterocycles. The van der Waals surface area contributed by atoms with Crippen LogP contribution in [0.3, 0.4) is 0 Å². The van der Waals surface area contributed by atoms with Gasteiger partial charge in [-0.05, 0) is 11.4 Å². The summed E-state index contributed by atoms with van der Waals surface area (Å²) in [6.45, 7) is 2.17. The first-order valence-corrected chi connectivity index (χ1v) is 3.15. The first-order valence-electron chi connectivity index (χ1n) is 1.99. The van der Waals surface area contributed by atoms with Crippen molar-refractivity contribution in [2.24, 2.45) is 0 Å². The molecule has 0 atom stereocenters. The zero-order valence-electron chi connectivity index (χ0n) is 3.82. The Morgan fingerprint density at radius 2 is 2.40 bits per heavy atom. The molecule has 2 heteroatoms. The van der Waals surface area contributed by atoms with Crippen LogP contribution >= 0.6 is 11.8 Å². The quantitative estimate of drug-likeness (QED) is 0.438. The van der Waals surface area contributed by atoms with Crippen molar-refractivity contribution in [2.45, 2.75) is 6.92 Å². The molecule has 5 heavy (non-hydrogen) atoms. The second kappa shape index (κ2) is 4.41. The Morgan fingerprint density at radius 1 is 1.80 bits per heavy atom. The van der Waals surface area contributed by atoms with Crippen LogP contribution < -0.4 is 0 Å². The van der Waals surface area contributed by atoms with Gasteiger partial charge < -0.3 is 0 Å². The average molecular weight is 88.0 g/mol. The third-order valence-corrected chi connectivity index (χ3v) is 1.22. The zero-order valence-corrected chi connectivity index (χ0v) is 4.64. The molecule has 0 unspecified atom stereocenters. The van der Waals surface area contributed by atoms with Gasteiger partial charge in [0.1, 0.15) is 7.85 Å². The van der Waals surface area contributed by atoms with Crippen molar-refractivity contribution < 1.29 is 0 Å². The normalized spacial score (nSPS) is 8.20. The van der Waals surface area contributed by atoms with E-state index in [0.717, 1.165) is 0 Å². The maximum absolute atomic E-state index is 2.17. The largest absolute Gasteiger partial charge is 0.171 e. The zero-order chi connectivity index (χ0) is 4.12. The number of thioether (sulfide) groups is 1. The van der Waals surface area contributed by atoms with E-state index in [1.165, 1.54) is 11.4 Å². The SMILES string of the molecule is BCSCC. The maximum Gasteiger partial charge on any atom is 0.114 e. The van der Waals surface area contributed by atoms with E-state index in [2.05, 4.69) is 14.8 Å². The van der Waals surface area contributed by atoms with Crippen molar-refractivity contribution >= 4 is 19.6 Å². The molecule has 30 valence electrons. The van der Waals surface area contributed by atoms with Crippen molar-refractivity contribution in [2.75, 3.05) is 11.4 Å². The van der Waals surface area contributed by atoms with Crippen LogP contribution in [0.4, 0.5) is 0 Å². The van der Waals surface area contributed by atoms with Gasteiger partial charge in [0.15, 0.2) is 0 Å². The summed E-state index contributed by atoms with van der Waals surface area (Å²) in [4.78, 5) is 0. The molecule has 0 N–H and O–H groups in total. The standard InChI is InChI=1S/C3H9BS/c1-2-5-3-4/h2-4H2,1H3. The van der Waals surface area contributed by atoms with Gasteiger partial charge in [0.05, 0.1) is 0 Å². The molecule has 0 aliphatic carbocycles. The summed E-state index contributed by atoms with van der Waals surface area (Å²) in [6.07, 6.45) is 0. The molecule has 0 aromatic rings. The highest BCUT2D eigenvalue weighted by molar-refractivity contribution is 8.00. The van der Waals surface area contributed by atoms with Gasteiger partial charge >= 0.3 is 0 Å². The van der Waals surface area contributed by atoms with Crippen LogP contribution in [0.25, 0.3) is 0 Å². The van der Waals surface area contributed by atoms with Gasteiger partial charge in [-0.1, -0.05) is 6.92 Å². The van der Waals surface area contributed by atoms with E-state index in [1.54, 1.807) is 0 Å². The fraction of sp³-hybridized carbons (Fsp3) is 1.00. The van der Waals surface area contributed by atoms with E-state index in [-0.39, 0.29) is 0 Å². The van der Waals surface area contributed by atoms with Gasteiger partial charge in [-0.25, -0.2) is 0 Å². The van der Waals surface area contributed by atoms with Crippen molar-refractivity contribution in [1.29, 1.82) is 0 Å². The minimum Gasteiger partial charge on any atom is -0.171 e. The molecule has 0 spiro atoms. The fourth-order valence-electron chi connectivity index (χ4n) is 0.204. The first kappa shape index (κ1) is 5.41. The third-order valence-electron chi connectivity index (χ3n) is 0.408. The second-order valence-corrected chi connectivity index (χ2v) is 2.34. The van der Waals surface area contributed by atoms with E-state index in [9.17, 15) is 0 Å². The second-order valence-electron chi connectivity index (χ2n) is 0.781. The number of hydrogen-bond acceptors (Lipinski definition) is 1. The minimum absolute atomic E-state index is 1.26. The Morgan fingerprint density at radius 3 is 2.40 bits per heavy atom. The molecule has 0 aromatic heterocycles. The molecule has 0 bridgehead atoms. The van der Waals surface area contributed by atoms with E-state index < -0.39 is 0 Å². The summed E-state index contributed by atoms with van der Waals surface area (Å²) in [5, 5.41) is 0. The molecular formula is C3H9BS. The molecule has 0 aliphatic heterocycles. The number of rotatable bonds is 2. The molecule has 0 heterocycles. The Bertz CT molecular complexity index is 14.4. The highest BCUT2D eigenvalue weighted by atomic mass is 32.2. The monoisotopic (exact) mass is 88.1 g/mol. The van der Waals surface area contributed by atoms with Crippen molar-refractivity contribution in [3.8, 4) is 0 Å². The molecule has 0 rings (SSSR count). The van der Waals surface area contributed by atoms with Gasteiger partial charge in [-0.2, -0.15) is 11.8 Å². The molecule has 0 saturated carbocycles. The van der Waals surface area contributed by atoms with Gasteiger partial charge in [-0.15, -0.1) is 0 Å². The van der Waals surface area contributed by atoms with Crippen molar-refractivity contribution in [3.63, 3.8) is 0 Å². The molecule has 0 nitrogen and oxygen atoms in total. The summed E-state index contributed by atoms with van der Waals surface area (Å²) in [5.41, 5.74) is 1.26. The highest BCUT2D eigenvalue weighted by Gasteiger charge is 1.67. The lowest BCUT2D eigenvalue weighted by molar-refractivity contribution is 1.53. The van der Waals surface area contributed by atoms with Gasteiger partial charge in [0.2, 0.25) is 0 Å². The van der Waals surface area contributed by atoms with E-state index >= 15 is 0 Å². The lowest BCUT2D eigenvalue weighted by atomic mass is 10.2. The summed E-state index contributed by atoms with van der Waals surface area (Å²) in [6, 6.07) is 0. The third kappa shape index (κ3) is 4.41. The predicted octanol–water partition coefficient (Wildman–Crippen LogP) is 0.330. The Balaban J connectivity index is 2.19. The average Bonchev–Trinajstić information content (AvgIpc) is 1.41. The van der Waals surface area contributed by atoms with Crippen LogP contribution in [0.1, 0.15) is 6.92 Å². The lowest BCUT2D eigenvalue weighted by Crippen LogP contribution is -1.71. The first-order chi connectivity index (χ1) is 2.41. The Hall–Kier alpha value is 0.415. The summed E-state index contributed by atoms with van der Waals surface area (Å²) in [7, 11) is 2.17. The van der Waals surface area contributed by atoms with Crippen LogP contribution in [-0.2, 0) is 0 Å². The highest BCUT2D eigenvalue weighted by Crippen LogP contribution is 1.90. The lowest BCUT2D eigenvalue weighted by Gasteiger charge is -1.80. The van der Waals surface area contributed by atoms with Crippen LogP contribution in [0.15, 0.2) is 0 Å². The van der Waals surface area contributed by atoms with Gasteiger partial charge in [0, 0.05) is 0 Å². The topological polar surface area (TPSA) is 0 Å². The van der Waals surface area contributed by atoms with Crippen LogP contribution in [0.2, 0.25) is 0 Å². The molecule has 0 aromatic carbocycles. The minimum atomic E-state index is 1.26. The maximum atomic E-state index is 2.17. The Kier molecular flexibility index (Phi) is 4.78. The van der Waals surface area contributed by atoms with Gasteiger partial charge in [-0.3, -0.25) is 0 Å².